The van der Waals surface area contributed by atoms with Crippen LogP contribution >= 0.6 is 11.3 Å². The number of thiophene rings is 1. The number of likely N-dealkylation sites (tertiary alicyclic amines) is 1. The molecule has 19 heavy (non-hydrogen) atoms. The lowest BCUT2D eigenvalue weighted by Crippen LogP contribution is -2.29. The Morgan fingerprint density at radius 3 is 3.21 bits per heavy atom. The van der Waals surface area contributed by atoms with Crippen LogP contribution in [0.2, 0.25) is 0 Å². The Morgan fingerprint density at radius 1 is 1.63 bits per heavy atom. The number of aromatic nitrogens is 2. The standard InChI is InChI=1S/C14H17N3OS/c1-10-8-15-14(16-10)11-4-5-17(9-11)13(18)7-12-3-2-6-19-12/h2-3,6,8,11H,4-5,7,9H2,1H3,(H,15,16)/t11-/m0/s1. The monoisotopic (exact) mass is 275 g/mol. The minimum absolute atomic E-state index is 0.230. The van der Waals surface area contributed by atoms with Crippen LogP contribution in [-0.4, -0.2) is 33.9 Å². The molecule has 1 aliphatic heterocycles. The van der Waals surface area contributed by atoms with E-state index in [9.17, 15) is 4.79 Å². The highest BCUT2D eigenvalue weighted by Crippen LogP contribution is 2.25. The number of nitrogens with zero attached hydrogens (tertiary/aromatic N) is 2. The summed E-state index contributed by atoms with van der Waals surface area (Å²) in [6.45, 7) is 3.64. The van der Waals surface area contributed by atoms with Crippen molar-refractivity contribution in [3.05, 3.63) is 40.1 Å². The predicted octanol–water partition coefficient (Wildman–Crippen LogP) is 2.34. The first-order valence-electron chi connectivity index (χ1n) is 6.54. The van der Waals surface area contributed by atoms with Gasteiger partial charge in [-0.2, -0.15) is 0 Å². The van der Waals surface area contributed by atoms with E-state index >= 15 is 0 Å². The van der Waals surface area contributed by atoms with E-state index in [2.05, 4.69) is 9.97 Å². The van der Waals surface area contributed by atoms with Crippen LogP contribution in [0.1, 0.15) is 28.7 Å². The fraction of sp³-hybridized carbons (Fsp3) is 0.429. The van der Waals surface area contributed by atoms with Crippen molar-refractivity contribution in [2.24, 2.45) is 0 Å². The van der Waals surface area contributed by atoms with Crippen LogP contribution in [0.5, 0.6) is 0 Å². The maximum atomic E-state index is 12.2. The number of aryl methyl sites for hydroxylation is 1. The number of aromatic amines is 1. The molecule has 1 amide bonds. The van der Waals surface area contributed by atoms with Crippen molar-refractivity contribution in [3.8, 4) is 0 Å². The number of nitrogens with one attached hydrogen (secondary N) is 1. The summed E-state index contributed by atoms with van der Waals surface area (Å²) in [6.07, 6.45) is 3.39. The third kappa shape index (κ3) is 2.71. The van der Waals surface area contributed by atoms with Crippen LogP contribution < -0.4 is 0 Å². The second kappa shape index (κ2) is 5.17. The van der Waals surface area contributed by atoms with Gasteiger partial charge in [-0.25, -0.2) is 4.98 Å². The summed E-state index contributed by atoms with van der Waals surface area (Å²) >= 11 is 1.64. The number of hydrogen-bond donors (Lipinski definition) is 1. The van der Waals surface area contributed by atoms with Gasteiger partial charge >= 0.3 is 0 Å². The fourth-order valence-electron chi connectivity index (χ4n) is 2.52. The summed E-state index contributed by atoms with van der Waals surface area (Å²) in [5, 5.41) is 2.01. The third-order valence-corrected chi connectivity index (χ3v) is 4.43. The summed E-state index contributed by atoms with van der Waals surface area (Å²) in [5.41, 5.74) is 1.08. The van der Waals surface area contributed by atoms with Crippen molar-refractivity contribution < 1.29 is 4.79 Å². The quantitative estimate of drug-likeness (QED) is 0.934. The minimum atomic E-state index is 0.230. The van der Waals surface area contributed by atoms with Crippen LogP contribution in [0.25, 0.3) is 0 Å². The maximum absolute atomic E-state index is 12.2. The molecule has 0 saturated carbocycles. The van der Waals surface area contributed by atoms with Crippen LogP contribution in [0.3, 0.4) is 0 Å². The molecular formula is C14H17N3OS. The van der Waals surface area contributed by atoms with Crippen molar-refractivity contribution in [1.82, 2.24) is 14.9 Å². The van der Waals surface area contributed by atoms with Crippen molar-refractivity contribution in [3.63, 3.8) is 0 Å². The molecule has 0 aromatic carbocycles. The number of imidazole rings is 1. The Kier molecular flexibility index (Phi) is 3.38. The van der Waals surface area contributed by atoms with E-state index in [4.69, 9.17) is 0 Å². The van der Waals surface area contributed by atoms with Gasteiger partial charge < -0.3 is 9.88 Å². The molecule has 0 radical (unpaired) electrons. The van der Waals surface area contributed by atoms with Gasteiger partial charge in [0.2, 0.25) is 5.91 Å². The molecule has 1 aliphatic rings. The van der Waals surface area contributed by atoms with E-state index in [0.717, 1.165) is 35.9 Å². The summed E-state index contributed by atoms with van der Waals surface area (Å²) in [6, 6.07) is 4.01. The van der Waals surface area contributed by atoms with Gasteiger partial charge in [-0.1, -0.05) is 6.07 Å². The Bertz CT molecular complexity index is 561. The molecule has 0 bridgehead atoms. The van der Waals surface area contributed by atoms with Crippen LogP contribution in [0.4, 0.5) is 0 Å². The smallest absolute Gasteiger partial charge is 0.227 e. The van der Waals surface area contributed by atoms with Gasteiger partial charge in [-0.3, -0.25) is 4.79 Å². The van der Waals surface area contributed by atoms with Crippen molar-refractivity contribution >= 4 is 17.2 Å². The Balaban J connectivity index is 1.61. The summed E-state index contributed by atoms with van der Waals surface area (Å²) in [5.74, 6) is 1.61. The van der Waals surface area contributed by atoms with Crippen molar-refractivity contribution in [2.45, 2.75) is 25.7 Å². The Hall–Kier alpha value is -1.62. The molecule has 5 heteroatoms. The van der Waals surface area contributed by atoms with Gasteiger partial charge in [-0.15, -0.1) is 11.3 Å². The Labute approximate surface area is 116 Å². The lowest BCUT2D eigenvalue weighted by atomic mass is 10.1. The molecule has 2 aromatic rings. The van der Waals surface area contributed by atoms with Gasteiger partial charge in [0, 0.05) is 35.8 Å². The van der Waals surface area contributed by atoms with Crippen molar-refractivity contribution in [1.29, 1.82) is 0 Å². The second-order valence-electron chi connectivity index (χ2n) is 5.03. The third-order valence-electron chi connectivity index (χ3n) is 3.56. The molecule has 0 unspecified atom stereocenters. The highest BCUT2D eigenvalue weighted by Gasteiger charge is 2.28. The SMILES string of the molecule is Cc1cnc([C@H]2CCN(C(=O)Cc3cccs3)C2)[nH]1. The zero-order valence-electron chi connectivity index (χ0n) is 10.9. The van der Waals surface area contributed by atoms with E-state index in [0.29, 0.717) is 12.3 Å². The predicted molar refractivity (Wildman–Crippen MR) is 75.3 cm³/mol. The molecule has 0 spiro atoms. The zero-order valence-corrected chi connectivity index (χ0v) is 11.7. The molecule has 1 saturated heterocycles. The molecule has 3 heterocycles. The van der Waals surface area contributed by atoms with Gasteiger partial charge in [0.25, 0.3) is 0 Å². The van der Waals surface area contributed by atoms with E-state index in [1.54, 1.807) is 11.3 Å². The number of H-pyrrole nitrogens is 1. The first kappa shape index (κ1) is 12.4. The van der Waals surface area contributed by atoms with E-state index in [-0.39, 0.29) is 5.91 Å². The molecule has 100 valence electrons. The molecule has 1 N–H and O–H groups in total. The number of hydrogen-bond acceptors (Lipinski definition) is 3. The highest BCUT2D eigenvalue weighted by atomic mass is 32.1. The summed E-state index contributed by atoms with van der Waals surface area (Å²) in [4.78, 5) is 23.0. The second-order valence-corrected chi connectivity index (χ2v) is 6.07. The van der Waals surface area contributed by atoms with E-state index < -0.39 is 0 Å². The van der Waals surface area contributed by atoms with Gasteiger partial charge in [0.15, 0.2) is 0 Å². The summed E-state index contributed by atoms with van der Waals surface area (Å²) in [7, 11) is 0. The molecule has 4 nitrogen and oxygen atoms in total. The zero-order chi connectivity index (χ0) is 13.2. The first-order valence-corrected chi connectivity index (χ1v) is 7.42. The summed E-state index contributed by atoms with van der Waals surface area (Å²) < 4.78 is 0. The molecular weight excluding hydrogens is 258 g/mol. The highest BCUT2D eigenvalue weighted by molar-refractivity contribution is 7.10. The topological polar surface area (TPSA) is 49.0 Å². The number of carbonyl (C=O) groups is 1. The fourth-order valence-corrected chi connectivity index (χ4v) is 3.22. The maximum Gasteiger partial charge on any atom is 0.227 e. The number of carbonyl (C=O) groups excluding carboxylic acids is 1. The molecule has 3 rings (SSSR count). The lowest BCUT2D eigenvalue weighted by Gasteiger charge is -2.15. The van der Waals surface area contributed by atoms with Crippen LogP contribution in [0.15, 0.2) is 23.7 Å². The van der Waals surface area contributed by atoms with Gasteiger partial charge in [0.05, 0.1) is 6.42 Å². The molecule has 1 fully saturated rings. The molecule has 1 atom stereocenters. The number of rotatable bonds is 3. The average molecular weight is 275 g/mol. The van der Waals surface area contributed by atoms with Crippen LogP contribution in [0, 0.1) is 6.92 Å². The Morgan fingerprint density at radius 2 is 2.53 bits per heavy atom. The normalized spacial score (nSPS) is 19.0. The van der Waals surface area contributed by atoms with Crippen molar-refractivity contribution in [2.75, 3.05) is 13.1 Å². The van der Waals surface area contributed by atoms with E-state index in [1.165, 1.54) is 0 Å². The molecule has 2 aromatic heterocycles. The lowest BCUT2D eigenvalue weighted by molar-refractivity contribution is -0.129. The van der Waals surface area contributed by atoms with Gasteiger partial charge in [-0.05, 0) is 24.8 Å². The van der Waals surface area contributed by atoms with E-state index in [1.807, 2.05) is 35.5 Å². The van der Waals surface area contributed by atoms with Gasteiger partial charge in [0.1, 0.15) is 5.82 Å². The largest absolute Gasteiger partial charge is 0.346 e. The average Bonchev–Trinajstić information content (AvgIpc) is 3.07. The molecule has 0 aliphatic carbocycles. The number of amides is 1. The van der Waals surface area contributed by atoms with Crippen LogP contribution in [-0.2, 0) is 11.2 Å². The first-order chi connectivity index (χ1) is 9.22. The minimum Gasteiger partial charge on any atom is -0.346 e.